The molecule has 0 amide bonds. The van der Waals surface area contributed by atoms with Gasteiger partial charge in [0.05, 0.1) is 21.3 Å². The number of hydrogen-bond acceptors (Lipinski definition) is 4. The Morgan fingerprint density at radius 1 is 1.14 bits per heavy atom. The van der Waals surface area contributed by atoms with Gasteiger partial charge in [0.25, 0.3) is 5.95 Å². The molecule has 0 aromatic carbocycles. The molecule has 0 saturated carbocycles. The number of methoxy groups -OCH3 is 3. The molecule has 0 aromatic rings. The molecular formula is C10H16O4. The van der Waals surface area contributed by atoms with Crippen molar-refractivity contribution in [3.05, 3.63) is 23.7 Å². The fourth-order valence-electron chi connectivity index (χ4n) is 0.938. The van der Waals surface area contributed by atoms with Crippen LogP contribution in [0.25, 0.3) is 0 Å². The van der Waals surface area contributed by atoms with Crippen molar-refractivity contribution in [1.82, 2.24) is 0 Å². The average Bonchev–Trinajstić information content (AvgIpc) is 2.23. The highest BCUT2D eigenvalue weighted by Gasteiger charge is 2.20. The van der Waals surface area contributed by atoms with Crippen LogP contribution in [0.4, 0.5) is 0 Å². The summed E-state index contributed by atoms with van der Waals surface area (Å²) in [4.78, 5) is 11.4. The molecule has 80 valence electrons. The minimum Gasteiger partial charge on any atom is -0.468 e. The van der Waals surface area contributed by atoms with E-state index in [-0.39, 0.29) is 11.5 Å². The van der Waals surface area contributed by atoms with E-state index in [2.05, 4.69) is 11.3 Å². The van der Waals surface area contributed by atoms with Crippen LogP contribution in [0, 0.1) is 0 Å². The maximum atomic E-state index is 11.4. The van der Waals surface area contributed by atoms with Gasteiger partial charge in [-0.15, -0.1) is 0 Å². The van der Waals surface area contributed by atoms with Crippen LogP contribution in [0.15, 0.2) is 23.7 Å². The molecule has 0 unspecified atom stereocenters. The number of carbonyl (C=O) groups is 1. The van der Waals surface area contributed by atoms with Crippen molar-refractivity contribution in [3.63, 3.8) is 0 Å². The molecule has 0 rings (SSSR count). The molecule has 0 atom stereocenters. The average molecular weight is 200 g/mol. The SMILES string of the molecule is C=C(CC)C(C(=O)OC)=C(OC)OC. The highest BCUT2D eigenvalue weighted by Crippen LogP contribution is 2.18. The summed E-state index contributed by atoms with van der Waals surface area (Å²) in [7, 11) is 4.14. The second kappa shape index (κ2) is 6.07. The van der Waals surface area contributed by atoms with Crippen molar-refractivity contribution in [2.45, 2.75) is 13.3 Å². The van der Waals surface area contributed by atoms with E-state index in [0.717, 1.165) is 0 Å². The third-order valence-electron chi connectivity index (χ3n) is 1.74. The van der Waals surface area contributed by atoms with Gasteiger partial charge in [0.2, 0.25) is 0 Å². The van der Waals surface area contributed by atoms with Crippen LogP contribution in [0.5, 0.6) is 0 Å². The van der Waals surface area contributed by atoms with Gasteiger partial charge in [0.15, 0.2) is 0 Å². The van der Waals surface area contributed by atoms with Gasteiger partial charge < -0.3 is 14.2 Å². The van der Waals surface area contributed by atoms with Crippen LogP contribution in [0.3, 0.4) is 0 Å². The molecule has 0 aromatic heterocycles. The summed E-state index contributed by atoms with van der Waals surface area (Å²) >= 11 is 0. The lowest BCUT2D eigenvalue weighted by Crippen LogP contribution is -2.11. The maximum Gasteiger partial charge on any atom is 0.345 e. The fraction of sp³-hybridized carbons (Fsp3) is 0.500. The van der Waals surface area contributed by atoms with Gasteiger partial charge in [-0.25, -0.2) is 4.79 Å². The maximum absolute atomic E-state index is 11.4. The van der Waals surface area contributed by atoms with Crippen molar-refractivity contribution < 1.29 is 19.0 Å². The number of carbonyl (C=O) groups excluding carboxylic acids is 1. The van der Waals surface area contributed by atoms with Gasteiger partial charge in [-0.1, -0.05) is 13.5 Å². The molecule has 0 heterocycles. The first-order valence-corrected chi connectivity index (χ1v) is 4.21. The molecule has 14 heavy (non-hydrogen) atoms. The highest BCUT2D eigenvalue weighted by molar-refractivity contribution is 5.93. The van der Waals surface area contributed by atoms with E-state index in [1.807, 2.05) is 6.92 Å². The number of rotatable bonds is 5. The zero-order chi connectivity index (χ0) is 11.1. The Kier molecular flexibility index (Phi) is 5.44. The van der Waals surface area contributed by atoms with Gasteiger partial charge in [-0.3, -0.25) is 0 Å². The summed E-state index contributed by atoms with van der Waals surface area (Å²) in [5.74, 6) is -0.376. The molecular weight excluding hydrogens is 184 g/mol. The molecule has 4 heteroatoms. The van der Waals surface area contributed by atoms with Crippen LogP contribution >= 0.6 is 0 Å². The molecule has 0 spiro atoms. The summed E-state index contributed by atoms with van der Waals surface area (Å²) in [5, 5.41) is 0. The van der Waals surface area contributed by atoms with E-state index in [9.17, 15) is 4.79 Å². The molecule has 0 radical (unpaired) electrons. The largest absolute Gasteiger partial charge is 0.468 e. The summed E-state index contributed by atoms with van der Waals surface area (Å²) in [6, 6.07) is 0. The second-order valence-electron chi connectivity index (χ2n) is 2.52. The molecule has 0 aliphatic rings. The van der Waals surface area contributed by atoms with Gasteiger partial charge >= 0.3 is 5.97 Å². The lowest BCUT2D eigenvalue weighted by molar-refractivity contribution is -0.136. The Morgan fingerprint density at radius 2 is 1.64 bits per heavy atom. The summed E-state index contributed by atoms with van der Waals surface area (Å²) < 4.78 is 14.4. The molecule has 0 N–H and O–H groups in total. The summed E-state index contributed by atoms with van der Waals surface area (Å²) in [6.45, 7) is 5.62. The Labute approximate surface area is 84.1 Å². The van der Waals surface area contributed by atoms with Crippen molar-refractivity contribution in [3.8, 4) is 0 Å². The second-order valence-corrected chi connectivity index (χ2v) is 2.52. The van der Waals surface area contributed by atoms with Gasteiger partial charge in [-0.2, -0.15) is 0 Å². The smallest absolute Gasteiger partial charge is 0.345 e. The van der Waals surface area contributed by atoms with Gasteiger partial charge in [0, 0.05) is 0 Å². The van der Waals surface area contributed by atoms with E-state index in [4.69, 9.17) is 9.47 Å². The first kappa shape index (κ1) is 12.6. The van der Waals surface area contributed by atoms with Crippen molar-refractivity contribution in [2.24, 2.45) is 0 Å². The lowest BCUT2D eigenvalue weighted by atomic mass is 10.1. The number of hydrogen-bond donors (Lipinski definition) is 0. The molecule has 4 nitrogen and oxygen atoms in total. The Hall–Kier alpha value is -1.45. The predicted octanol–water partition coefficient (Wildman–Crippen LogP) is 1.63. The zero-order valence-corrected chi connectivity index (χ0v) is 9.05. The standard InChI is InChI=1S/C10H16O4/c1-6-7(2)8(9(11)12-3)10(13-4)14-5/h2,6H2,1,3-5H3. The highest BCUT2D eigenvalue weighted by atomic mass is 16.7. The van der Waals surface area contributed by atoms with Crippen molar-refractivity contribution >= 4 is 5.97 Å². The Balaban J connectivity index is 5.16. The van der Waals surface area contributed by atoms with E-state index in [0.29, 0.717) is 12.0 Å². The third-order valence-corrected chi connectivity index (χ3v) is 1.74. The first-order valence-electron chi connectivity index (χ1n) is 4.21. The Morgan fingerprint density at radius 3 is 1.93 bits per heavy atom. The van der Waals surface area contributed by atoms with E-state index >= 15 is 0 Å². The van der Waals surface area contributed by atoms with E-state index < -0.39 is 5.97 Å². The minimum absolute atomic E-state index is 0.128. The molecule has 0 aliphatic heterocycles. The van der Waals surface area contributed by atoms with E-state index in [1.165, 1.54) is 21.3 Å². The topological polar surface area (TPSA) is 44.8 Å². The predicted molar refractivity (Wildman–Crippen MR) is 52.5 cm³/mol. The normalized spacial score (nSPS) is 8.86. The number of ether oxygens (including phenoxy) is 3. The van der Waals surface area contributed by atoms with Crippen LogP contribution in [-0.2, 0) is 19.0 Å². The quantitative estimate of drug-likeness (QED) is 0.293. The molecule has 0 fully saturated rings. The van der Waals surface area contributed by atoms with Crippen LogP contribution in [0.1, 0.15) is 13.3 Å². The fourth-order valence-corrected chi connectivity index (χ4v) is 0.938. The van der Waals surface area contributed by atoms with Crippen molar-refractivity contribution in [1.29, 1.82) is 0 Å². The lowest BCUT2D eigenvalue weighted by Gasteiger charge is -2.11. The van der Waals surface area contributed by atoms with E-state index in [1.54, 1.807) is 0 Å². The van der Waals surface area contributed by atoms with Crippen LogP contribution in [-0.4, -0.2) is 27.3 Å². The van der Waals surface area contributed by atoms with Crippen molar-refractivity contribution in [2.75, 3.05) is 21.3 Å². The zero-order valence-electron chi connectivity index (χ0n) is 9.05. The molecule has 0 saturated heterocycles. The summed E-state index contributed by atoms with van der Waals surface area (Å²) in [5.41, 5.74) is 0.871. The minimum atomic E-state index is -0.504. The Bertz CT molecular complexity index is 229. The van der Waals surface area contributed by atoms with Gasteiger partial charge in [0.1, 0.15) is 5.57 Å². The number of esters is 1. The van der Waals surface area contributed by atoms with Crippen LogP contribution in [0.2, 0.25) is 0 Å². The summed E-state index contributed by atoms with van der Waals surface area (Å²) in [6.07, 6.45) is 0.626. The first-order chi connectivity index (χ1) is 6.62. The van der Waals surface area contributed by atoms with Gasteiger partial charge in [-0.05, 0) is 12.0 Å². The van der Waals surface area contributed by atoms with Crippen LogP contribution < -0.4 is 0 Å². The molecule has 0 bridgehead atoms. The third kappa shape index (κ3) is 2.80. The molecule has 0 aliphatic carbocycles. The monoisotopic (exact) mass is 200 g/mol.